The minimum absolute atomic E-state index is 0.147. The zero-order chi connectivity index (χ0) is 18.9. The molecule has 0 bridgehead atoms. The predicted octanol–water partition coefficient (Wildman–Crippen LogP) is 4.25. The molecule has 3 aromatic rings. The van der Waals surface area contributed by atoms with E-state index >= 15 is 0 Å². The number of aryl methyl sites for hydroxylation is 1. The van der Waals surface area contributed by atoms with E-state index in [0.29, 0.717) is 22.6 Å². The number of hydrogen-bond acceptors (Lipinski definition) is 5. The van der Waals surface area contributed by atoms with Crippen LogP contribution in [0, 0.1) is 6.92 Å². The fourth-order valence-electron chi connectivity index (χ4n) is 2.29. The SMILES string of the molecule is Cc1cc(Oc2ccc(Cc3sc(=O)[nH]c3O)cc2)nc(C(F)(F)F)c1. The van der Waals surface area contributed by atoms with E-state index in [1.165, 1.54) is 13.0 Å². The van der Waals surface area contributed by atoms with E-state index in [4.69, 9.17) is 4.74 Å². The lowest BCUT2D eigenvalue weighted by Crippen LogP contribution is -2.08. The number of nitrogens with zero attached hydrogens (tertiary/aromatic N) is 1. The number of ether oxygens (including phenoxy) is 1. The molecular formula is C17H13F3N2O3S. The zero-order valence-corrected chi connectivity index (χ0v) is 14.2. The molecule has 0 saturated carbocycles. The van der Waals surface area contributed by atoms with Crippen LogP contribution in [0.25, 0.3) is 0 Å². The number of hydrogen-bond donors (Lipinski definition) is 2. The third kappa shape index (κ3) is 4.23. The molecule has 0 saturated heterocycles. The van der Waals surface area contributed by atoms with Gasteiger partial charge < -0.3 is 9.84 Å². The number of pyridine rings is 1. The van der Waals surface area contributed by atoms with Crippen LogP contribution in [0.5, 0.6) is 17.5 Å². The lowest BCUT2D eigenvalue weighted by Gasteiger charge is -2.10. The molecule has 0 spiro atoms. The predicted molar refractivity (Wildman–Crippen MR) is 89.9 cm³/mol. The Kier molecular flexibility index (Phi) is 4.73. The molecule has 0 fully saturated rings. The summed E-state index contributed by atoms with van der Waals surface area (Å²) in [4.78, 5) is 17.1. The lowest BCUT2D eigenvalue weighted by atomic mass is 10.1. The molecule has 3 rings (SSSR count). The molecule has 0 atom stereocenters. The van der Waals surface area contributed by atoms with E-state index in [9.17, 15) is 23.1 Å². The molecular weight excluding hydrogens is 369 g/mol. The number of aromatic hydroxyl groups is 1. The first-order valence-corrected chi connectivity index (χ1v) is 8.26. The smallest absolute Gasteiger partial charge is 0.433 e. The van der Waals surface area contributed by atoms with E-state index in [1.54, 1.807) is 24.3 Å². The van der Waals surface area contributed by atoms with Crippen LogP contribution in [-0.4, -0.2) is 15.1 Å². The normalized spacial score (nSPS) is 11.5. The van der Waals surface area contributed by atoms with Gasteiger partial charge in [0.1, 0.15) is 11.4 Å². The summed E-state index contributed by atoms with van der Waals surface area (Å²) in [6, 6.07) is 8.92. The van der Waals surface area contributed by atoms with Gasteiger partial charge in [0.15, 0.2) is 0 Å². The first kappa shape index (κ1) is 18.0. The maximum Gasteiger partial charge on any atom is 0.433 e. The fourth-order valence-corrected chi connectivity index (χ4v) is 3.04. The highest BCUT2D eigenvalue weighted by molar-refractivity contribution is 7.09. The summed E-state index contributed by atoms with van der Waals surface area (Å²) in [6.07, 6.45) is -4.20. The van der Waals surface area contributed by atoms with Gasteiger partial charge in [0.05, 0.1) is 4.88 Å². The summed E-state index contributed by atoms with van der Waals surface area (Å²) in [7, 11) is 0. The summed E-state index contributed by atoms with van der Waals surface area (Å²) in [5, 5.41) is 9.59. The summed E-state index contributed by atoms with van der Waals surface area (Å²) >= 11 is 0.913. The highest BCUT2D eigenvalue weighted by Gasteiger charge is 2.33. The number of benzene rings is 1. The Morgan fingerprint density at radius 3 is 2.50 bits per heavy atom. The van der Waals surface area contributed by atoms with Crippen LogP contribution >= 0.6 is 11.3 Å². The quantitative estimate of drug-likeness (QED) is 0.708. The van der Waals surface area contributed by atoms with Crippen molar-refractivity contribution in [2.24, 2.45) is 0 Å². The van der Waals surface area contributed by atoms with Crippen molar-refractivity contribution < 1.29 is 23.0 Å². The number of aromatic amines is 1. The number of H-pyrrole nitrogens is 1. The Hall–Kier alpha value is -2.81. The van der Waals surface area contributed by atoms with Crippen LogP contribution in [0.3, 0.4) is 0 Å². The number of halogens is 3. The summed E-state index contributed by atoms with van der Waals surface area (Å²) in [5.41, 5.74) is 0.176. The van der Waals surface area contributed by atoms with Crippen molar-refractivity contribution in [2.45, 2.75) is 19.5 Å². The fraction of sp³-hybridized carbons (Fsp3) is 0.176. The number of nitrogens with one attached hydrogen (secondary N) is 1. The molecule has 0 radical (unpaired) electrons. The van der Waals surface area contributed by atoms with E-state index < -0.39 is 11.9 Å². The van der Waals surface area contributed by atoms with E-state index in [0.717, 1.165) is 23.0 Å². The topological polar surface area (TPSA) is 75.2 Å². The molecule has 0 aliphatic rings. The molecule has 0 amide bonds. The van der Waals surface area contributed by atoms with Crippen molar-refractivity contribution in [3.8, 4) is 17.5 Å². The van der Waals surface area contributed by atoms with Gasteiger partial charge in [0, 0.05) is 12.5 Å². The van der Waals surface area contributed by atoms with Crippen molar-refractivity contribution in [3.05, 3.63) is 67.8 Å². The molecule has 0 aliphatic heterocycles. The summed E-state index contributed by atoms with van der Waals surface area (Å²) in [6.45, 7) is 1.53. The van der Waals surface area contributed by atoms with Crippen molar-refractivity contribution in [3.63, 3.8) is 0 Å². The van der Waals surface area contributed by atoms with E-state index in [1.807, 2.05) is 0 Å². The van der Waals surface area contributed by atoms with Crippen molar-refractivity contribution in [1.29, 1.82) is 0 Å². The number of alkyl halides is 3. The molecule has 0 aliphatic carbocycles. The van der Waals surface area contributed by atoms with Crippen LogP contribution in [-0.2, 0) is 12.6 Å². The average Bonchev–Trinajstić information content (AvgIpc) is 2.85. The number of aromatic nitrogens is 2. The first-order valence-electron chi connectivity index (χ1n) is 7.44. The maximum absolute atomic E-state index is 12.8. The third-order valence-corrected chi connectivity index (χ3v) is 4.32. The lowest BCUT2D eigenvalue weighted by molar-refractivity contribution is -0.141. The molecule has 5 nitrogen and oxygen atoms in total. The second-order valence-electron chi connectivity index (χ2n) is 5.57. The van der Waals surface area contributed by atoms with Gasteiger partial charge in [-0.1, -0.05) is 23.5 Å². The third-order valence-electron chi connectivity index (χ3n) is 3.45. The van der Waals surface area contributed by atoms with Crippen LogP contribution < -0.4 is 9.61 Å². The molecule has 1 aromatic carbocycles. The Bertz CT molecular complexity index is 978. The molecule has 9 heteroatoms. The van der Waals surface area contributed by atoms with Crippen molar-refractivity contribution in [1.82, 2.24) is 9.97 Å². The monoisotopic (exact) mass is 382 g/mol. The molecule has 26 heavy (non-hydrogen) atoms. The van der Waals surface area contributed by atoms with Crippen LogP contribution in [0.1, 0.15) is 21.7 Å². The molecule has 2 heterocycles. The van der Waals surface area contributed by atoms with Gasteiger partial charge >= 0.3 is 11.0 Å². The number of rotatable bonds is 4. The molecule has 0 unspecified atom stereocenters. The van der Waals surface area contributed by atoms with Crippen LogP contribution in [0.2, 0.25) is 0 Å². The highest BCUT2D eigenvalue weighted by Crippen LogP contribution is 2.31. The Morgan fingerprint density at radius 2 is 1.92 bits per heavy atom. The molecule has 136 valence electrons. The zero-order valence-electron chi connectivity index (χ0n) is 13.4. The van der Waals surface area contributed by atoms with Crippen molar-refractivity contribution >= 4 is 11.3 Å². The van der Waals surface area contributed by atoms with Gasteiger partial charge in [-0.05, 0) is 36.2 Å². The van der Waals surface area contributed by atoms with E-state index in [2.05, 4.69) is 9.97 Å². The van der Waals surface area contributed by atoms with Gasteiger partial charge in [-0.25, -0.2) is 4.98 Å². The average molecular weight is 382 g/mol. The Morgan fingerprint density at radius 1 is 1.23 bits per heavy atom. The second kappa shape index (κ2) is 6.83. The maximum atomic E-state index is 12.8. The summed E-state index contributed by atoms with van der Waals surface area (Å²) in [5.74, 6) is 0.0157. The Balaban J connectivity index is 1.76. The molecule has 2 aromatic heterocycles. The van der Waals surface area contributed by atoms with Gasteiger partial charge in [0.25, 0.3) is 0 Å². The standard InChI is InChI=1S/C17H13F3N2O3S/c1-9-6-13(17(18,19)20)21-14(7-9)25-11-4-2-10(3-5-11)8-12-15(23)22-16(24)26-12/h2-7,23H,8H2,1H3,(H,22,24). The van der Waals surface area contributed by atoms with Crippen molar-refractivity contribution in [2.75, 3.05) is 0 Å². The largest absolute Gasteiger partial charge is 0.494 e. The number of thiazole rings is 1. The van der Waals surface area contributed by atoms with Gasteiger partial charge in [-0.3, -0.25) is 9.78 Å². The minimum Gasteiger partial charge on any atom is -0.494 e. The van der Waals surface area contributed by atoms with Crippen LogP contribution in [0.15, 0.2) is 41.2 Å². The Labute approximate surface area is 149 Å². The first-order chi connectivity index (χ1) is 12.2. The second-order valence-corrected chi connectivity index (χ2v) is 6.64. The van der Waals surface area contributed by atoms with Gasteiger partial charge in [-0.2, -0.15) is 13.2 Å². The minimum atomic E-state index is -4.55. The van der Waals surface area contributed by atoms with Gasteiger partial charge in [-0.15, -0.1) is 0 Å². The van der Waals surface area contributed by atoms with Crippen LogP contribution in [0.4, 0.5) is 13.2 Å². The molecule has 2 N–H and O–H groups in total. The van der Waals surface area contributed by atoms with Gasteiger partial charge in [0.2, 0.25) is 11.8 Å². The van der Waals surface area contributed by atoms with E-state index in [-0.39, 0.29) is 16.6 Å². The summed E-state index contributed by atoms with van der Waals surface area (Å²) < 4.78 is 43.9. The highest BCUT2D eigenvalue weighted by atomic mass is 32.1.